The van der Waals surface area contributed by atoms with E-state index >= 15 is 0 Å². The fourth-order valence-corrected chi connectivity index (χ4v) is 2.53. The molecular formula is C19H27N5O. The minimum Gasteiger partial charge on any atom is -0.369 e. The van der Waals surface area contributed by atoms with Crippen molar-refractivity contribution >= 4 is 17.3 Å². The smallest absolute Gasteiger partial charge is 0.263 e. The molecule has 0 radical (unpaired) electrons. The first kappa shape index (κ1) is 18.8. The lowest BCUT2D eigenvalue weighted by Crippen LogP contribution is -2.44. The van der Waals surface area contributed by atoms with Crippen molar-refractivity contribution in [1.82, 2.24) is 10.2 Å². The number of nitrogens with one attached hydrogen (secondary N) is 2. The van der Waals surface area contributed by atoms with Crippen LogP contribution in [0.5, 0.6) is 0 Å². The Labute approximate surface area is 150 Å². The summed E-state index contributed by atoms with van der Waals surface area (Å²) >= 11 is 0. The van der Waals surface area contributed by atoms with E-state index in [-0.39, 0.29) is 11.5 Å². The summed E-state index contributed by atoms with van der Waals surface area (Å²) in [5.41, 5.74) is 2.11. The molecule has 2 N–H and O–H groups in total. The van der Waals surface area contributed by atoms with Crippen molar-refractivity contribution in [2.75, 3.05) is 50.0 Å². The summed E-state index contributed by atoms with van der Waals surface area (Å²) in [5, 5.41) is 14.9. The lowest BCUT2D eigenvalue weighted by molar-refractivity contribution is -0.117. The van der Waals surface area contributed by atoms with Crippen molar-refractivity contribution in [2.24, 2.45) is 5.92 Å². The highest BCUT2D eigenvalue weighted by molar-refractivity contribution is 5.97. The van der Waals surface area contributed by atoms with Gasteiger partial charge in [-0.3, -0.25) is 4.79 Å². The molecule has 1 fully saturated rings. The van der Waals surface area contributed by atoms with Gasteiger partial charge in [0.25, 0.3) is 5.91 Å². The van der Waals surface area contributed by atoms with Crippen LogP contribution in [0.3, 0.4) is 0 Å². The molecule has 6 heteroatoms. The molecule has 0 spiro atoms. The van der Waals surface area contributed by atoms with E-state index in [1.54, 1.807) is 0 Å². The summed E-state index contributed by atoms with van der Waals surface area (Å²) in [4.78, 5) is 16.6. The van der Waals surface area contributed by atoms with E-state index < -0.39 is 0 Å². The monoisotopic (exact) mass is 341 g/mol. The number of amides is 1. The third kappa shape index (κ3) is 5.80. The van der Waals surface area contributed by atoms with E-state index in [1.165, 1.54) is 11.9 Å². The number of benzene rings is 1. The number of rotatable bonds is 6. The Morgan fingerprint density at radius 3 is 2.44 bits per heavy atom. The Hall–Kier alpha value is -2.52. The minimum atomic E-state index is -0.349. The molecule has 25 heavy (non-hydrogen) atoms. The molecule has 1 aromatic rings. The zero-order valence-electron chi connectivity index (χ0n) is 15.2. The number of piperazine rings is 1. The average molecular weight is 341 g/mol. The summed E-state index contributed by atoms with van der Waals surface area (Å²) in [5.74, 6) is -0.00303. The van der Waals surface area contributed by atoms with E-state index in [0.29, 0.717) is 12.5 Å². The topological polar surface area (TPSA) is 71.4 Å². The Bertz CT molecular complexity index is 637. The molecule has 6 nitrogen and oxygen atoms in total. The maximum absolute atomic E-state index is 11.9. The average Bonchev–Trinajstić information content (AvgIpc) is 2.61. The quantitative estimate of drug-likeness (QED) is 0.612. The van der Waals surface area contributed by atoms with Gasteiger partial charge < -0.3 is 20.4 Å². The zero-order chi connectivity index (χ0) is 18.2. The van der Waals surface area contributed by atoms with Gasteiger partial charge in [-0.25, -0.2) is 0 Å². The van der Waals surface area contributed by atoms with Crippen molar-refractivity contribution < 1.29 is 4.79 Å². The number of nitrogens with zero attached hydrogens (tertiary/aromatic N) is 3. The maximum Gasteiger partial charge on any atom is 0.263 e. The molecule has 2 rings (SSSR count). The third-order valence-corrected chi connectivity index (χ3v) is 4.15. The molecule has 1 saturated heterocycles. The molecule has 0 bridgehead atoms. The van der Waals surface area contributed by atoms with E-state index in [2.05, 4.69) is 39.6 Å². The molecule has 0 aliphatic carbocycles. The van der Waals surface area contributed by atoms with Crippen LogP contribution >= 0.6 is 0 Å². The lowest BCUT2D eigenvalue weighted by Gasteiger charge is -2.34. The fraction of sp³-hybridized carbons (Fsp3) is 0.474. The van der Waals surface area contributed by atoms with Gasteiger partial charge in [0.2, 0.25) is 0 Å². The van der Waals surface area contributed by atoms with Crippen molar-refractivity contribution in [3.8, 4) is 6.07 Å². The van der Waals surface area contributed by atoms with E-state index in [1.807, 2.05) is 32.0 Å². The van der Waals surface area contributed by atoms with Crippen molar-refractivity contribution in [3.63, 3.8) is 0 Å². The molecule has 0 atom stereocenters. The lowest BCUT2D eigenvalue weighted by atomic mass is 10.2. The number of anilines is 2. The number of nitriles is 1. The van der Waals surface area contributed by atoms with Crippen LogP contribution < -0.4 is 15.5 Å². The van der Waals surface area contributed by atoms with Crippen molar-refractivity contribution in [1.29, 1.82) is 5.26 Å². The number of carbonyl (C=O) groups is 1. The summed E-state index contributed by atoms with van der Waals surface area (Å²) in [6, 6.07) is 9.99. The number of hydrogen-bond acceptors (Lipinski definition) is 5. The first-order chi connectivity index (χ1) is 12.0. The highest BCUT2D eigenvalue weighted by Gasteiger charge is 2.14. The standard InChI is InChI=1S/C19H27N5O/c1-15(2)13-22-19(25)16(12-20)14-21-17-4-6-18(7-5-17)24-10-8-23(3)9-11-24/h4-7,14-15,21H,8-11,13H2,1-3H3,(H,22,25)/b16-14-. The molecule has 1 aliphatic heterocycles. The van der Waals surface area contributed by atoms with Crippen LogP contribution in [0.2, 0.25) is 0 Å². The second kappa shape index (κ2) is 9.09. The van der Waals surface area contributed by atoms with Crippen molar-refractivity contribution in [3.05, 3.63) is 36.0 Å². The van der Waals surface area contributed by atoms with Crippen molar-refractivity contribution in [2.45, 2.75) is 13.8 Å². The van der Waals surface area contributed by atoms with Gasteiger partial charge in [-0.2, -0.15) is 5.26 Å². The van der Waals surface area contributed by atoms with Gasteiger partial charge in [0, 0.05) is 50.3 Å². The van der Waals surface area contributed by atoms with E-state index in [9.17, 15) is 4.79 Å². The van der Waals surface area contributed by atoms with Crippen LogP contribution in [0.4, 0.5) is 11.4 Å². The Morgan fingerprint density at radius 2 is 1.88 bits per heavy atom. The Morgan fingerprint density at radius 1 is 1.24 bits per heavy atom. The fourth-order valence-electron chi connectivity index (χ4n) is 2.53. The summed E-state index contributed by atoms with van der Waals surface area (Å²) < 4.78 is 0. The SMILES string of the molecule is CC(C)CNC(=O)/C(C#N)=C\Nc1ccc(N2CCN(C)CC2)cc1. The highest BCUT2D eigenvalue weighted by Crippen LogP contribution is 2.19. The van der Waals surface area contributed by atoms with Crippen LogP contribution in [0.25, 0.3) is 0 Å². The van der Waals surface area contributed by atoms with Crippen LogP contribution in [0.1, 0.15) is 13.8 Å². The van der Waals surface area contributed by atoms with E-state index in [4.69, 9.17) is 5.26 Å². The molecule has 0 aromatic heterocycles. The van der Waals surface area contributed by atoms with Gasteiger partial charge in [0.15, 0.2) is 0 Å². The molecule has 0 unspecified atom stereocenters. The van der Waals surface area contributed by atoms with Gasteiger partial charge >= 0.3 is 0 Å². The van der Waals surface area contributed by atoms with Gasteiger partial charge in [-0.1, -0.05) is 13.8 Å². The maximum atomic E-state index is 11.9. The van der Waals surface area contributed by atoms with Crippen LogP contribution in [0.15, 0.2) is 36.0 Å². The van der Waals surface area contributed by atoms with Crippen LogP contribution in [-0.2, 0) is 4.79 Å². The van der Waals surface area contributed by atoms with Crippen LogP contribution in [0, 0.1) is 17.2 Å². The number of likely N-dealkylation sites (N-methyl/N-ethyl adjacent to an activating group) is 1. The first-order valence-corrected chi connectivity index (χ1v) is 8.68. The number of carbonyl (C=O) groups excluding carboxylic acids is 1. The summed E-state index contributed by atoms with van der Waals surface area (Å²) in [7, 11) is 2.14. The summed E-state index contributed by atoms with van der Waals surface area (Å²) in [6.07, 6.45) is 1.46. The van der Waals surface area contributed by atoms with E-state index in [0.717, 1.165) is 31.9 Å². The molecule has 1 aromatic carbocycles. The molecule has 1 amide bonds. The molecular weight excluding hydrogens is 314 g/mol. The second-order valence-corrected chi connectivity index (χ2v) is 6.76. The largest absolute Gasteiger partial charge is 0.369 e. The molecule has 1 heterocycles. The third-order valence-electron chi connectivity index (χ3n) is 4.15. The molecule has 1 aliphatic rings. The normalized spacial score (nSPS) is 15.8. The van der Waals surface area contributed by atoms with Gasteiger partial charge in [0.05, 0.1) is 0 Å². The van der Waals surface area contributed by atoms with Gasteiger partial charge in [0.1, 0.15) is 11.6 Å². The van der Waals surface area contributed by atoms with Crippen LogP contribution in [-0.4, -0.2) is 50.6 Å². The predicted molar refractivity (Wildman–Crippen MR) is 101 cm³/mol. The van der Waals surface area contributed by atoms with Gasteiger partial charge in [-0.15, -0.1) is 0 Å². The molecule has 0 saturated carbocycles. The Balaban J connectivity index is 1.93. The first-order valence-electron chi connectivity index (χ1n) is 8.68. The number of hydrogen-bond donors (Lipinski definition) is 2. The zero-order valence-corrected chi connectivity index (χ0v) is 15.2. The van der Waals surface area contributed by atoms with Gasteiger partial charge in [-0.05, 0) is 37.2 Å². The predicted octanol–water partition coefficient (Wildman–Crippen LogP) is 2.03. The minimum absolute atomic E-state index is 0.0730. The highest BCUT2D eigenvalue weighted by atomic mass is 16.1. The summed E-state index contributed by atoms with van der Waals surface area (Å²) in [6.45, 7) is 8.76. The Kier molecular flexibility index (Phi) is 6.84. The second-order valence-electron chi connectivity index (χ2n) is 6.76. The molecule has 134 valence electrons.